The fourth-order valence-electron chi connectivity index (χ4n) is 1.69. The molecule has 2 rings (SSSR count). The van der Waals surface area contributed by atoms with Gasteiger partial charge in [-0.05, 0) is 40.2 Å². The minimum atomic E-state index is -0.494. The van der Waals surface area contributed by atoms with Crippen LogP contribution in [0.25, 0.3) is 0 Å². The number of aromatic amines is 1. The van der Waals surface area contributed by atoms with E-state index in [2.05, 4.69) is 37.1 Å². The second-order valence-corrected chi connectivity index (χ2v) is 5.32. The predicted octanol–water partition coefficient (Wildman–Crippen LogP) is 1.81. The summed E-state index contributed by atoms with van der Waals surface area (Å²) in [5.41, 5.74) is 5.70. The molecule has 0 saturated heterocycles. The summed E-state index contributed by atoms with van der Waals surface area (Å²) in [6.07, 6.45) is 1.60. The van der Waals surface area contributed by atoms with Crippen molar-refractivity contribution in [3.63, 3.8) is 0 Å². The lowest BCUT2D eigenvalue weighted by atomic mass is 10.2. The van der Waals surface area contributed by atoms with Crippen LogP contribution in [0.4, 0.5) is 5.69 Å². The van der Waals surface area contributed by atoms with E-state index in [9.17, 15) is 14.4 Å². The Labute approximate surface area is 134 Å². The Hall–Kier alpha value is -2.61. The van der Waals surface area contributed by atoms with Gasteiger partial charge in [-0.15, -0.1) is 0 Å². The molecule has 0 aliphatic rings. The normalized spacial score (nSPS) is 9.91. The van der Waals surface area contributed by atoms with E-state index in [-0.39, 0.29) is 5.91 Å². The van der Waals surface area contributed by atoms with Gasteiger partial charge in [0.25, 0.3) is 11.8 Å². The van der Waals surface area contributed by atoms with Crippen molar-refractivity contribution >= 4 is 39.3 Å². The van der Waals surface area contributed by atoms with E-state index in [0.29, 0.717) is 16.9 Å². The molecule has 1 aromatic carbocycles. The molecule has 0 unspecified atom stereocenters. The first kappa shape index (κ1) is 15.8. The highest BCUT2D eigenvalue weighted by atomic mass is 79.9. The standard InChI is InChI=1S/C14H13BrN4O3/c1-8(20)17-11-4-2-3-9(5-11)13(21)18-19-14(22)12-6-10(15)7-16-12/h2-7,16H,1H3,(H,17,20)(H,18,21)(H,19,22). The monoisotopic (exact) mass is 364 g/mol. The molecule has 0 aliphatic heterocycles. The number of hydrogen-bond donors (Lipinski definition) is 4. The SMILES string of the molecule is CC(=O)Nc1cccc(C(=O)NNC(=O)c2cc(Br)c[nH]2)c1. The van der Waals surface area contributed by atoms with Crippen molar-refractivity contribution in [1.29, 1.82) is 0 Å². The third-order valence-electron chi connectivity index (χ3n) is 2.63. The van der Waals surface area contributed by atoms with Gasteiger partial charge in [0.1, 0.15) is 5.69 Å². The van der Waals surface area contributed by atoms with Gasteiger partial charge in [-0.1, -0.05) is 6.07 Å². The van der Waals surface area contributed by atoms with Crippen LogP contribution < -0.4 is 16.2 Å². The summed E-state index contributed by atoms with van der Waals surface area (Å²) in [7, 11) is 0. The Bertz CT molecular complexity index is 726. The molecule has 0 saturated carbocycles. The summed E-state index contributed by atoms with van der Waals surface area (Å²) in [6.45, 7) is 1.38. The lowest BCUT2D eigenvalue weighted by Crippen LogP contribution is -2.41. The second kappa shape index (κ2) is 6.90. The highest BCUT2D eigenvalue weighted by Gasteiger charge is 2.11. The third-order valence-corrected chi connectivity index (χ3v) is 3.08. The minimum Gasteiger partial charge on any atom is -0.356 e. The predicted molar refractivity (Wildman–Crippen MR) is 84.2 cm³/mol. The molecule has 0 spiro atoms. The van der Waals surface area contributed by atoms with Gasteiger partial charge in [0.2, 0.25) is 5.91 Å². The minimum absolute atomic E-state index is 0.233. The van der Waals surface area contributed by atoms with E-state index < -0.39 is 11.8 Å². The highest BCUT2D eigenvalue weighted by molar-refractivity contribution is 9.10. The summed E-state index contributed by atoms with van der Waals surface area (Å²) in [5, 5.41) is 2.58. The van der Waals surface area contributed by atoms with Gasteiger partial charge in [-0.3, -0.25) is 25.2 Å². The lowest BCUT2D eigenvalue weighted by Gasteiger charge is -2.08. The number of amides is 3. The Morgan fingerprint density at radius 2 is 1.82 bits per heavy atom. The molecule has 0 radical (unpaired) electrons. The Balaban J connectivity index is 1.97. The van der Waals surface area contributed by atoms with E-state index in [0.717, 1.165) is 4.47 Å². The average molecular weight is 365 g/mol. The molecule has 2 aromatic rings. The molecular weight excluding hydrogens is 352 g/mol. The fraction of sp³-hybridized carbons (Fsp3) is 0.0714. The summed E-state index contributed by atoms with van der Waals surface area (Å²) in [4.78, 5) is 37.5. The first-order chi connectivity index (χ1) is 10.5. The number of rotatable bonds is 3. The number of nitrogens with one attached hydrogen (secondary N) is 4. The molecule has 4 N–H and O–H groups in total. The van der Waals surface area contributed by atoms with Crippen LogP contribution in [0.3, 0.4) is 0 Å². The first-order valence-electron chi connectivity index (χ1n) is 6.28. The fourth-order valence-corrected chi connectivity index (χ4v) is 2.04. The zero-order valence-corrected chi connectivity index (χ0v) is 13.2. The number of hydrogen-bond acceptors (Lipinski definition) is 3. The number of carbonyl (C=O) groups is 3. The Kier molecular flexibility index (Phi) is 4.95. The summed E-state index contributed by atoms with van der Waals surface area (Å²) in [6, 6.07) is 7.95. The molecule has 1 aromatic heterocycles. The molecule has 8 heteroatoms. The van der Waals surface area contributed by atoms with Crippen LogP contribution in [0.15, 0.2) is 41.0 Å². The van der Waals surface area contributed by atoms with Crippen molar-refractivity contribution in [3.05, 3.63) is 52.3 Å². The maximum atomic E-state index is 12.0. The molecule has 0 aliphatic carbocycles. The number of carbonyl (C=O) groups excluding carboxylic acids is 3. The van der Waals surface area contributed by atoms with Crippen LogP contribution in [0, 0.1) is 0 Å². The number of halogens is 1. The van der Waals surface area contributed by atoms with Crippen LogP contribution >= 0.6 is 15.9 Å². The zero-order chi connectivity index (χ0) is 16.1. The Morgan fingerprint density at radius 3 is 2.45 bits per heavy atom. The highest BCUT2D eigenvalue weighted by Crippen LogP contribution is 2.11. The Morgan fingerprint density at radius 1 is 1.09 bits per heavy atom. The number of aromatic nitrogens is 1. The van der Waals surface area contributed by atoms with Gasteiger partial charge in [0, 0.05) is 28.8 Å². The van der Waals surface area contributed by atoms with Gasteiger partial charge >= 0.3 is 0 Å². The van der Waals surface area contributed by atoms with E-state index >= 15 is 0 Å². The van der Waals surface area contributed by atoms with E-state index in [1.54, 1.807) is 30.5 Å². The number of benzene rings is 1. The second-order valence-electron chi connectivity index (χ2n) is 4.40. The maximum absolute atomic E-state index is 12.0. The lowest BCUT2D eigenvalue weighted by molar-refractivity contribution is -0.114. The summed E-state index contributed by atoms with van der Waals surface area (Å²) < 4.78 is 0.729. The summed E-state index contributed by atoms with van der Waals surface area (Å²) >= 11 is 3.21. The van der Waals surface area contributed by atoms with Crippen LogP contribution in [-0.4, -0.2) is 22.7 Å². The maximum Gasteiger partial charge on any atom is 0.286 e. The molecule has 0 fully saturated rings. The largest absolute Gasteiger partial charge is 0.356 e. The molecule has 0 atom stereocenters. The number of anilines is 1. The topological polar surface area (TPSA) is 103 Å². The van der Waals surface area contributed by atoms with Crippen LogP contribution in [-0.2, 0) is 4.79 Å². The van der Waals surface area contributed by atoms with Gasteiger partial charge in [-0.2, -0.15) is 0 Å². The summed E-state index contributed by atoms with van der Waals surface area (Å²) in [5.74, 6) is -1.20. The van der Waals surface area contributed by atoms with Crippen molar-refractivity contribution in [1.82, 2.24) is 15.8 Å². The average Bonchev–Trinajstić information content (AvgIpc) is 2.90. The van der Waals surface area contributed by atoms with Crippen molar-refractivity contribution in [3.8, 4) is 0 Å². The third kappa shape index (κ3) is 4.19. The first-order valence-corrected chi connectivity index (χ1v) is 7.07. The van der Waals surface area contributed by atoms with Gasteiger partial charge in [0.15, 0.2) is 0 Å². The number of H-pyrrole nitrogens is 1. The van der Waals surface area contributed by atoms with Crippen molar-refractivity contribution in [2.24, 2.45) is 0 Å². The van der Waals surface area contributed by atoms with Crippen molar-refractivity contribution in [2.75, 3.05) is 5.32 Å². The van der Waals surface area contributed by atoms with Crippen molar-refractivity contribution in [2.45, 2.75) is 6.92 Å². The molecule has 22 heavy (non-hydrogen) atoms. The molecule has 7 nitrogen and oxygen atoms in total. The molecule has 114 valence electrons. The van der Waals surface area contributed by atoms with E-state index in [1.165, 1.54) is 13.0 Å². The quantitative estimate of drug-likeness (QED) is 0.624. The van der Waals surface area contributed by atoms with Crippen molar-refractivity contribution < 1.29 is 14.4 Å². The molecule has 3 amide bonds. The van der Waals surface area contributed by atoms with Crippen LogP contribution in [0.5, 0.6) is 0 Å². The van der Waals surface area contributed by atoms with Gasteiger partial charge in [-0.25, -0.2) is 0 Å². The smallest absolute Gasteiger partial charge is 0.286 e. The molecule has 1 heterocycles. The van der Waals surface area contributed by atoms with Crippen LogP contribution in [0.1, 0.15) is 27.8 Å². The zero-order valence-electron chi connectivity index (χ0n) is 11.6. The van der Waals surface area contributed by atoms with Gasteiger partial charge < -0.3 is 10.3 Å². The van der Waals surface area contributed by atoms with E-state index in [4.69, 9.17) is 0 Å². The molecule has 0 bridgehead atoms. The number of hydrazine groups is 1. The van der Waals surface area contributed by atoms with Crippen LogP contribution in [0.2, 0.25) is 0 Å². The molecular formula is C14H13BrN4O3. The van der Waals surface area contributed by atoms with Gasteiger partial charge in [0.05, 0.1) is 0 Å². The van der Waals surface area contributed by atoms with E-state index in [1.807, 2.05) is 0 Å².